The van der Waals surface area contributed by atoms with Crippen LogP contribution in [-0.4, -0.2) is 60.2 Å². The summed E-state index contributed by atoms with van der Waals surface area (Å²) in [5, 5.41) is 2.78. The lowest BCUT2D eigenvalue weighted by atomic mass is 9.98. The molecule has 0 aromatic heterocycles. The first-order valence-electron chi connectivity index (χ1n) is 14.3. The van der Waals surface area contributed by atoms with Crippen molar-refractivity contribution in [3.63, 3.8) is 0 Å². The van der Waals surface area contributed by atoms with Crippen LogP contribution in [0.4, 0.5) is 9.59 Å². The third-order valence-corrected chi connectivity index (χ3v) is 7.20. The van der Waals surface area contributed by atoms with Crippen LogP contribution in [0.3, 0.4) is 0 Å². The summed E-state index contributed by atoms with van der Waals surface area (Å²) in [6, 6.07) is 15.7. The van der Waals surface area contributed by atoms with Gasteiger partial charge in [0.15, 0.2) is 0 Å². The Hall–Kier alpha value is -4.08. The average Bonchev–Trinajstić information content (AvgIpc) is 3.55. The van der Waals surface area contributed by atoms with Crippen molar-refractivity contribution in [3.05, 3.63) is 59.7 Å². The average molecular weight is 565 g/mol. The molecular weight excluding hydrogens is 524 g/mol. The molecule has 0 spiro atoms. The minimum atomic E-state index is -0.672. The topological polar surface area (TPSA) is 126 Å². The van der Waals surface area contributed by atoms with E-state index >= 15 is 0 Å². The summed E-state index contributed by atoms with van der Waals surface area (Å²) in [5.41, 5.74) is 8.90. The minimum Gasteiger partial charge on any atom is -0.449 e. The highest BCUT2D eigenvalue weighted by molar-refractivity contribution is 5.88. The van der Waals surface area contributed by atoms with E-state index in [-0.39, 0.29) is 24.9 Å². The van der Waals surface area contributed by atoms with Gasteiger partial charge in [-0.1, -0.05) is 55.0 Å². The number of hydrazine groups is 1. The van der Waals surface area contributed by atoms with Crippen LogP contribution in [0.15, 0.2) is 48.5 Å². The number of benzene rings is 2. The molecule has 3 N–H and O–H groups in total. The summed E-state index contributed by atoms with van der Waals surface area (Å²) >= 11 is 0. The molecule has 41 heavy (non-hydrogen) atoms. The molecule has 0 bridgehead atoms. The molecule has 4 rings (SSSR count). The van der Waals surface area contributed by atoms with Crippen LogP contribution in [0, 0.1) is 0 Å². The van der Waals surface area contributed by atoms with E-state index in [9.17, 15) is 19.2 Å². The number of carbonyl (C=O) groups is 4. The van der Waals surface area contributed by atoms with E-state index in [0.717, 1.165) is 6.42 Å². The molecule has 1 atom stereocenters. The van der Waals surface area contributed by atoms with Gasteiger partial charge in [0.2, 0.25) is 5.91 Å². The Morgan fingerprint density at radius 2 is 1.56 bits per heavy atom. The Morgan fingerprint density at radius 1 is 0.902 bits per heavy atom. The lowest BCUT2D eigenvalue weighted by Crippen LogP contribution is -2.52. The van der Waals surface area contributed by atoms with Gasteiger partial charge in [0.1, 0.15) is 18.2 Å². The molecule has 4 amide bonds. The second-order valence-corrected chi connectivity index (χ2v) is 11.4. The van der Waals surface area contributed by atoms with E-state index in [1.807, 2.05) is 24.3 Å². The number of likely N-dealkylation sites (tertiary alicyclic amines) is 1. The Morgan fingerprint density at radius 3 is 2.22 bits per heavy atom. The highest BCUT2D eigenvalue weighted by Crippen LogP contribution is 2.44. The monoisotopic (exact) mass is 564 g/mol. The van der Waals surface area contributed by atoms with Crippen molar-refractivity contribution >= 4 is 24.0 Å². The summed E-state index contributed by atoms with van der Waals surface area (Å²) in [5.74, 6) is -0.736. The zero-order chi connectivity index (χ0) is 29.4. The maximum absolute atomic E-state index is 12.5. The van der Waals surface area contributed by atoms with Crippen molar-refractivity contribution in [2.75, 3.05) is 19.7 Å². The van der Waals surface area contributed by atoms with E-state index in [2.05, 4.69) is 40.4 Å². The Bertz CT molecular complexity index is 1210. The van der Waals surface area contributed by atoms with E-state index < -0.39 is 29.7 Å². The molecule has 1 fully saturated rings. The van der Waals surface area contributed by atoms with E-state index in [1.165, 1.54) is 27.2 Å². The lowest BCUT2D eigenvalue weighted by molar-refractivity contribution is -0.131. The van der Waals surface area contributed by atoms with Gasteiger partial charge in [0, 0.05) is 25.4 Å². The number of nitrogens with zero attached hydrogens (tertiary/aromatic N) is 1. The van der Waals surface area contributed by atoms with Gasteiger partial charge in [-0.15, -0.1) is 0 Å². The molecule has 2 aliphatic rings. The number of carbonyl (C=O) groups excluding carboxylic acids is 4. The SMILES string of the molecule is CC(C)(C)OC(=O)N1CCC[C@H]1C(=O)NNC(=O)CCCCCNC(=O)OCC1c2ccccc2-c2ccccc21. The van der Waals surface area contributed by atoms with Crippen molar-refractivity contribution in [2.24, 2.45) is 0 Å². The van der Waals surface area contributed by atoms with Crippen LogP contribution >= 0.6 is 0 Å². The Balaban J connectivity index is 1.08. The van der Waals surface area contributed by atoms with Gasteiger partial charge < -0.3 is 14.8 Å². The van der Waals surface area contributed by atoms with Crippen LogP contribution < -0.4 is 16.2 Å². The van der Waals surface area contributed by atoms with Crippen molar-refractivity contribution in [1.82, 2.24) is 21.1 Å². The second kappa shape index (κ2) is 13.5. The predicted octanol–water partition coefficient (Wildman–Crippen LogP) is 4.63. The van der Waals surface area contributed by atoms with Gasteiger partial charge in [-0.2, -0.15) is 0 Å². The number of hydrogen-bond acceptors (Lipinski definition) is 6. The molecule has 0 saturated carbocycles. The largest absolute Gasteiger partial charge is 0.449 e. The Labute approximate surface area is 241 Å². The smallest absolute Gasteiger partial charge is 0.410 e. The molecule has 220 valence electrons. The second-order valence-electron chi connectivity index (χ2n) is 11.4. The highest BCUT2D eigenvalue weighted by Gasteiger charge is 2.36. The van der Waals surface area contributed by atoms with Crippen LogP contribution in [0.25, 0.3) is 11.1 Å². The molecule has 2 aromatic carbocycles. The zero-order valence-corrected chi connectivity index (χ0v) is 24.0. The first kappa shape index (κ1) is 29.9. The van der Waals surface area contributed by atoms with E-state index in [4.69, 9.17) is 9.47 Å². The van der Waals surface area contributed by atoms with Gasteiger partial charge >= 0.3 is 12.2 Å². The van der Waals surface area contributed by atoms with Gasteiger partial charge in [0.25, 0.3) is 5.91 Å². The maximum Gasteiger partial charge on any atom is 0.410 e. The molecule has 2 aromatic rings. The zero-order valence-electron chi connectivity index (χ0n) is 24.0. The molecule has 1 aliphatic heterocycles. The number of alkyl carbamates (subject to hydrolysis) is 1. The summed E-state index contributed by atoms with van der Waals surface area (Å²) < 4.78 is 10.9. The lowest BCUT2D eigenvalue weighted by Gasteiger charge is -2.28. The van der Waals surface area contributed by atoms with Gasteiger partial charge in [-0.05, 0) is 68.7 Å². The number of nitrogens with one attached hydrogen (secondary N) is 3. The minimum absolute atomic E-state index is 0.0150. The van der Waals surface area contributed by atoms with Gasteiger partial charge in [-0.3, -0.25) is 25.3 Å². The standard InChI is InChI=1S/C31H40N4O6/c1-31(2,3)41-30(39)35-19-11-16-26(35)28(37)34-33-27(36)17-5-4-10-18-32-29(38)40-20-25-23-14-8-6-12-21(23)22-13-7-9-15-24(22)25/h6-9,12-15,25-26H,4-5,10-11,16-20H2,1-3H3,(H,32,38)(H,33,36)(H,34,37)/t26-/m0/s1. The van der Waals surface area contributed by atoms with Crippen LogP contribution in [0.5, 0.6) is 0 Å². The fourth-order valence-electron chi connectivity index (χ4n) is 5.28. The third-order valence-electron chi connectivity index (χ3n) is 7.20. The fraction of sp³-hybridized carbons (Fsp3) is 0.484. The first-order chi connectivity index (χ1) is 19.6. The van der Waals surface area contributed by atoms with Crippen LogP contribution in [-0.2, 0) is 19.1 Å². The molecule has 0 unspecified atom stereocenters. The quantitative estimate of drug-likeness (QED) is 0.301. The van der Waals surface area contributed by atoms with E-state index in [0.29, 0.717) is 38.8 Å². The number of rotatable bonds is 9. The third kappa shape index (κ3) is 7.99. The van der Waals surface area contributed by atoms with Crippen molar-refractivity contribution in [2.45, 2.75) is 76.9 Å². The van der Waals surface area contributed by atoms with Crippen molar-refractivity contribution < 1.29 is 28.7 Å². The van der Waals surface area contributed by atoms with Crippen molar-refractivity contribution in [3.8, 4) is 11.1 Å². The number of amides is 4. The summed E-state index contributed by atoms with van der Waals surface area (Å²) in [6.07, 6.45) is 2.45. The molecule has 0 radical (unpaired) electrons. The predicted molar refractivity (Wildman–Crippen MR) is 154 cm³/mol. The number of fused-ring (bicyclic) bond motifs is 3. The fourth-order valence-corrected chi connectivity index (χ4v) is 5.28. The van der Waals surface area contributed by atoms with Crippen LogP contribution in [0.1, 0.15) is 76.3 Å². The van der Waals surface area contributed by atoms with Gasteiger partial charge in [0.05, 0.1) is 0 Å². The molecule has 10 nitrogen and oxygen atoms in total. The van der Waals surface area contributed by atoms with E-state index in [1.54, 1.807) is 20.8 Å². The first-order valence-corrected chi connectivity index (χ1v) is 14.3. The van der Waals surface area contributed by atoms with Crippen LogP contribution in [0.2, 0.25) is 0 Å². The number of ether oxygens (including phenoxy) is 2. The van der Waals surface area contributed by atoms with Crippen molar-refractivity contribution in [1.29, 1.82) is 0 Å². The number of hydrogen-bond donors (Lipinski definition) is 3. The molecule has 1 saturated heterocycles. The maximum atomic E-state index is 12.5. The molecule has 1 heterocycles. The normalized spacial score (nSPS) is 16.0. The highest BCUT2D eigenvalue weighted by atomic mass is 16.6. The summed E-state index contributed by atoms with van der Waals surface area (Å²) in [6.45, 7) is 6.46. The number of unbranched alkanes of at least 4 members (excludes halogenated alkanes) is 2. The van der Waals surface area contributed by atoms with Gasteiger partial charge in [-0.25, -0.2) is 9.59 Å². The molecule has 1 aliphatic carbocycles. The molecule has 10 heteroatoms. The molecular formula is C31H40N4O6. The summed E-state index contributed by atoms with van der Waals surface area (Å²) in [4.78, 5) is 50.8. The Kier molecular flexibility index (Phi) is 9.86. The summed E-state index contributed by atoms with van der Waals surface area (Å²) in [7, 11) is 0.